The summed E-state index contributed by atoms with van der Waals surface area (Å²) in [5, 5.41) is 8.59. The van der Waals surface area contributed by atoms with E-state index in [1.807, 2.05) is 47.1 Å². The van der Waals surface area contributed by atoms with Crippen LogP contribution in [0.1, 0.15) is 29.6 Å². The van der Waals surface area contributed by atoms with Gasteiger partial charge in [0.2, 0.25) is 5.95 Å². The Bertz CT molecular complexity index is 910. The van der Waals surface area contributed by atoms with Crippen molar-refractivity contribution in [1.29, 1.82) is 0 Å². The molecule has 1 aliphatic heterocycles. The van der Waals surface area contributed by atoms with E-state index >= 15 is 0 Å². The number of hydrogen-bond acceptors (Lipinski definition) is 5. The van der Waals surface area contributed by atoms with Crippen LogP contribution in [-0.2, 0) is 0 Å². The van der Waals surface area contributed by atoms with Crippen molar-refractivity contribution in [3.05, 3.63) is 64.9 Å². The molecule has 0 radical (unpaired) electrons. The van der Waals surface area contributed by atoms with Gasteiger partial charge in [-0.15, -0.1) is 0 Å². The summed E-state index contributed by atoms with van der Waals surface area (Å²) < 4.78 is 12.8. The molecule has 0 aliphatic carbocycles. The first-order valence-electron chi connectivity index (χ1n) is 8.33. The summed E-state index contributed by atoms with van der Waals surface area (Å²) in [5.41, 5.74) is 2.20. The Morgan fingerprint density at radius 3 is 2.65 bits per heavy atom. The summed E-state index contributed by atoms with van der Waals surface area (Å²) in [6.07, 6.45) is 2.37. The highest BCUT2D eigenvalue weighted by molar-refractivity contribution is 6.30. The first-order chi connectivity index (χ1) is 12.7. The van der Waals surface area contributed by atoms with Gasteiger partial charge >= 0.3 is 0 Å². The second-order valence-corrected chi connectivity index (χ2v) is 6.57. The van der Waals surface area contributed by atoms with Crippen LogP contribution in [-0.4, -0.2) is 29.0 Å². The Kier molecular flexibility index (Phi) is 4.42. The normalized spacial score (nSPS) is 18.7. The number of nitrogens with one attached hydrogen (secondary N) is 1. The average Bonchev–Trinajstić information content (AvgIpc) is 3.16. The highest BCUT2D eigenvalue weighted by Gasteiger charge is 2.31. The summed E-state index contributed by atoms with van der Waals surface area (Å²) in [4.78, 5) is 4.36. The zero-order valence-electron chi connectivity index (χ0n) is 14.5. The molecule has 0 amide bonds. The molecule has 0 spiro atoms. The second-order valence-electron chi connectivity index (χ2n) is 6.14. The molecule has 26 heavy (non-hydrogen) atoms. The minimum Gasteiger partial charge on any atom is -0.497 e. The van der Waals surface area contributed by atoms with Gasteiger partial charge in [0.1, 0.15) is 17.8 Å². The second kappa shape index (κ2) is 6.88. The van der Waals surface area contributed by atoms with Gasteiger partial charge in [-0.05, 0) is 36.2 Å². The zero-order valence-corrected chi connectivity index (χ0v) is 15.3. The first kappa shape index (κ1) is 16.7. The van der Waals surface area contributed by atoms with Crippen LogP contribution >= 0.6 is 11.6 Å². The molecule has 134 valence electrons. The van der Waals surface area contributed by atoms with E-state index in [1.54, 1.807) is 20.5 Å². The molecule has 2 heterocycles. The van der Waals surface area contributed by atoms with Crippen LogP contribution in [0.15, 0.2) is 48.8 Å². The van der Waals surface area contributed by atoms with Gasteiger partial charge in [0.15, 0.2) is 0 Å². The summed E-state index contributed by atoms with van der Waals surface area (Å²) in [5.74, 6) is 2.26. The van der Waals surface area contributed by atoms with Crippen molar-refractivity contribution >= 4 is 17.5 Å². The van der Waals surface area contributed by atoms with E-state index in [-0.39, 0.29) is 12.1 Å². The molecule has 0 fully saturated rings. The molecule has 0 unspecified atom stereocenters. The van der Waals surface area contributed by atoms with Crippen LogP contribution in [0.2, 0.25) is 5.02 Å². The van der Waals surface area contributed by atoms with Crippen LogP contribution in [0.3, 0.4) is 0 Å². The number of anilines is 1. The number of ether oxygens (including phenoxy) is 2. The molecule has 4 rings (SSSR count). The van der Waals surface area contributed by atoms with Gasteiger partial charge in [-0.3, -0.25) is 0 Å². The van der Waals surface area contributed by atoms with Gasteiger partial charge in [-0.25, -0.2) is 4.68 Å². The highest BCUT2D eigenvalue weighted by Crippen LogP contribution is 2.41. The van der Waals surface area contributed by atoms with Crippen molar-refractivity contribution < 1.29 is 9.47 Å². The minimum atomic E-state index is -0.00437. The van der Waals surface area contributed by atoms with Crippen molar-refractivity contribution in [2.75, 3.05) is 19.5 Å². The number of fused-ring (bicyclic) bond motifs is 1. The SMILES string of the molecule is COc1ccc([C@H]2C[C@H](c3ccc(Cl)cc3)Nc3ncnn32)c(OC)c1. The Labute approximate surface area is 156 Å². The maximum Gasteiger partial charge on any atom is 0.222 e. The van der Waals surface area contributed by atoms with Crippen molar-refractivity contribution in [3.63, 3.8) is 0 Å². The van der Waals surface area contributed by atoms with Crippen LogP contribution in [0.4, 0.5) is 5.95 Å². The van der Waals surface area contributed by atoms with Crippen molar-refractivity contribution in [1.82, 2.24) is 14.8 Å². The fourth-order valence-electron chi connectivity index (χ4n) is 3.39. The molecule has 1 aromatic heterocycles. The molecule has 1 N–H and O–H groups in total. The maximum atomic E-state index is 6.03. The molecule has 2 atom stereocenters. The maximum absolute atomic E-state index is 6.03. The average molecular weight is 371 g/mol. The van der Waals surface area contributed by atoms with Crippen molar-refractivity contribution in [2.45, 2.75) is 18.5 Å². The van der Waals surface area contributed by atoms with Crippen LogP contribution in [0, 0.1) is 0 Å². The fourth-order valence-corrected chi connectivity index (χ4v) is 3.51. The minimum absolute atomic E-state index is 0.00437. The lowest BCUT2D eigenvalue weighted by Crippen LogP contribution is -2.28. The number of hydrogen-bond donors (Lipinski definition) is 1. The smallest absolute Gasteiger partial charge is 0.222 e. The molecule has 3 aromatic rings. The Morgan fingerprint density at radius 1 is 1.12 bits per heavy atom. The summed E-state index contributed by atoms with van der Waals surface area (Å²) in [6, 6.07) is 13.8. The van der Waals surface area contributed by atoms with Gasteiger partial charge in [-0.1, -0.05) is 23.7 Å². The lowest BCUT2D eigenvalue weighted by Gasteiger charge is -2.32. The van der Waals surface area contributed by atoms with Crippen LogP contribution in [0.5, 0.6) is 11.5 Å². The van der Waals surface area contributed by atoms with E-state index in [2.05, 4.69) is 15.4 Å². The number of halogens is 1. The largest absolute Gasteiger partial charge is 0.497 e. The van der Waals surface area contributed by atoms with E-state index in [4.69, 9.17) is 21.1 Å². The van der Waals surface area contributed by atoms with Crippen LogP contribution in [0.25, 0.3) is 0 Å². The highest BCUT2D eigenvalue weighted by atomic mass is 35.5. The van der Waals surface area contributed by atoms with Crippen molar-refractivity contribution in [2.24, 2.45) is 0 Å². The summed E-state index contributed by atoms with van der Waals surface area (Å²) in [6.45, 7) is 0. The molecular formula is C19H19ClN4O2. The van der Waals surface area contributed by atoms with Crippen LogP contribution < -0.4 is 14.8 Å². The number of nitrogens with zero attached hydrogens (tertiary/aromatic N) is 3. The molecule has 7 heteroatoms. The Hall–Kier alpha value is -2.73. The molecule has 6 nitrogen and oxygen atoms in total. The standard InChI is InChI=1S/C19H19ClN4O2/c1-25-14-7-8-15(18(9-14)26-2)17-10-16(12-3-5-13(20)6-4-12)23-19-21-11-22-24(17)19/h3-9,11,16-17H,10H2,1-2H3,(H,21,22,23)/t16-,17-/m1/s1. The third-order valence-corrected chi connectivity index (χ3v) is 4.95. The van der Waals surface area contributed by atoms with Gasteiger partial charge in [0.25, 0.3) is 0 Å². The fraction of sp³-hybridized carbons (Fsp3) is 0.263. The molecule has 0 saturated heterocycles. The van der Waals surface area contributed by atoms with Gasteiger partial charge in [0, 0.05) is 16.7 Å². The monoisotopic (exact) mass is 370 g/mol. The molecule has 1 aliphatic rings. The zero-order chi connectivity index (χ0) is 18.1. The van der Waals surface area contributed by atoms with Gasteiger partial charge in [0.05, 0.1) is 26.3 Å². The molecule has 2 aromatic carbocycles. The predicted octanol–water partition coefficient (Wildman–Crippen LogP) is 4.10. The molecule has 0 saturated carbocycles. The lowest BCUT2D eigenvalue weighted by atomic mass is 9.93. The first-order valence-corrected chi connectivity index (χ1v) is 8.71. The number of aromatic nitrogens is 3. The predicted molar refractivity (Wildman–Crippen MR) is 100 cm³/mol. The van der Waals surface area contributed by atoms with Gasteiger partial charge < -0.3 is 14.8 Å². The summed E-state index contributed by atoms with van der Waals surface area (Å²) >= 11 is 6.03. The van der Waals surface area contributed by atoms with E-state index in [9.17, 15) is 0 Å². The molecular weight excluding hydrogens is 352 g/mol. The van der Waals surface area contributed by atoms with E-state index < -0.39 is 0 Å². The number of rotatable bonds is 4. The number of benzene rings is 2. The summed E-state index contributed by atoms with van der Waals surface area (Å²) in [7, 11) is 3.31. The van der Waals surface area contributed by atoms with Crippen molar-refractivity contribution in [3.8, 4) is 11.5 Å². The Morgan fingerprint density at radius 2 is 1.92 bits per heavy atom. The lowest BCUT2D eigenvalue weighted by molar-refractivity contribution is 0.371. The quantitative estimate of drug-likeness (QED) is 0.749. The van der Waals surface area contributed by atoms with E-state index in [0.717, 1.165) is 40.0 Å². The van der Waals surface area contributed by atoms with Gasteiger partial charge in [-0.2, -0.15) is 10.1 Å². The topological polar surface area (TPSA) is 61.2 Å². The van der Waals surface area contributed by atoms with E-state index in [0.29, 0.717) is 0 Å². The third-order valence-electron chi connectivity index (χ3n) is 4.70. The van der Waals surface area contributed by atoms with E-state index in [1.165, 1.54) is 0 Å². The number of methoxy groups -OCH3 is 2. The molecule has 0 bridgehead atoms. The Balaban J connectivity index is 1.75. The third kappa shape index (κ3) is 2.97.